The lowest BCUT2D eigenvalue weighted by atomic mass is 9.92. The third-order valence-corrected chi connectivity index (χ3v) is 6.98. The van der Waals surface area contributed by atoms with Crippen LogP contribution in [0.5, 0.6) is 5.75 Å². The summed E-state index contributed by atoms with van der Waals surface area (Å²) in [7, 11) is 0. The van der Waals surface area contributed by atoms with E-state index >= 15 is 0 Å². The number of rotatable bonds is 10. The number of hydrogen-bond donors (Lipinski definition) is 1. The minimum Gasteiger partial charge on any atom is -0.482 e. The second-order valence-electron chi connectivity index (χ2n) is 9.56. The Morgan fingerprint density at radius 2 is 1.72 bits per heavy atom. The molecule has 1 aromatic rings. The van der Waals surface area contributed by atoms with Crippen molar-refractivity contribution in [1.82, 2.24) is 9.80 Å². The van der Waals surface area contributed by atoms with Crippen LogP contribution in [0.25, 0.3) is 0 Å². The first-order valence-electron chi connectivity index (χ1n) is 13.3. The van der Waals surface area contributed by atoms with Gasteiger partial charge in [-0.05, 0) is 82.8 Å². The Kier molecular flexibility index (Phi) is 10.8. The van der Waals surface area contributed by atoms with Crippen LogP contribution in [-0.4, -0.2) is 79.8 Å². The van der Waals surface area contributed by atoms with Gasteiger partial charge in [0.2, 0.25) is 5.91 Å². The summed E-state index contributed by atoms with van der Waals surface area (Å²) in [6.45, 7) is 9.66. The Morgan fingerprint density at radius 3 is 2.36 bits per heavy atom. The number of aryl methyl sites for hydroxylation is 1. The molecule has 2 aliphatic heterocycles. The summed E-state index contributed by atoms with van der Waals surface area (Å²) < 4.78 is 15.7. The molecule has 0 spiro atoms. The van der Waals surface area contributed by atoms with Crippen molar-refractivity contribution in [2.45, 2.75) is 65.3 Å². The molecule has 0 aliphatic carbocycles. The Hall–Kier alpha value is -2.81. The normalized spacial score (nSPS) is 17.5. The van der Waals surface area contributed by atoms with Gasteiger partial charge in [0, 0.05) is 30.7 Å². The molecule has 2 amide bonds. The maximum Gasteiger partial charge on any atom is 0.409 e. The number of piperidine rings is 2. The zero-order valence-corrected chi connectivity index (χ0v) is 21.9. The maximum atomic E-state index is 12.9. The van der Waals surface area contributed by atoms with E-state index in [0.717, 1.165) is 76.0 Å². The number of ether oxygens (including phenoxy) is 3. The largest absolute Gasteiger partial charge is 0.482 e. The molecule has 36 heavy (non-hydrogen) atoms. The number of carbonyl (C=O) groups excluding carboxylic acids is 3. The number of amides is 2. The molecule has 1 aromatic carbocycles. The van der Waals surface area contributed by atoms with E-state index in [4.69, 9.17) is 14.2 Å². The van der Waals surface area contributed by atoms with Crippen LogP contribution in [-0.2, 0) is 19.1 Å². The van der Waals surface area contributed by atoms with Crippen molar-refractivity contribution in [2.24, 2.45) is 5.92 Å². The van der Waals surface area contributed by atoms with Crippen LogP contribution in [0, 0.1) is 12.8 Å². The summed E-state index contributed by atoms with van der Waals surface area (Å²) in [4.78, 5) is 40.9. The number of likely N-dealkylation sites (tertiary alicyclic amines) is 2. The standard InChI is InChI=1S/C27H41N3O6/c1-4-6-17-35-27(33)30-15-11-22(12-16-30)29-13-9-21(10-14-29)26(32)28-24-8-7-23(18-20(24)3)36-19-25(31)34-5-2/h7-8,18,21-22H,4-6,9-17,19H2,1-3H3,(H,28,32). The van der Waals surface area contributed by atoms with Gasteiger partial charge in [-0.3, -0.25) is 4.79 Å². The van der Waals surface area contributed by atoms with E-state index in [1.165, 1.54) is 0 Å². The number of benzene rings is 1. The van der Waals surface area contributed by atoms with Gasteiger partial charge in [0.15, 0.2) is 6.61 Å². The molecule has 1 N–H and O–H groups in total. The van der Waals surface area contributed by atoms with Crippen LogP contribution < -0.4 is 10.1 Å². The fourth-order valence-corrected chi connectivity index (χ4v) is 4.78. The zero-order chi connectivity index (χ0) is 25.9. The number of unbranched alkanes of at least 4 members (excludes halogenated alkanes) is 1. The molecule has 3 rings (SSSR count). The second-order valence-corrected chi connectivity index (χ2v) is 9.56. The summed E-state index contributed by atoms with van der Waals surface area (Å²) in [5.41, 5.74) is 1.63. The van der Waals surface area contributed by atoms with Gasteiger partial charge in [-0.25, -0.2) is 9.59 Å². The molecule has 9 heteroatoms. The monoisotopic (exact) mass is 503 g/mol. The van der Waals surface area contributed by atoms with E-state index in [2.05, 4.69) is 17.1 Å². The summed E-state index contributed by atoms with van der Waals surface area (Å²) in [5, 5.41) is 3.06. The van der Waals surface area contributed by atoms with Crippen LogP contribution in [0.15, 0.2) is 18.2 Å². The average molecular weight is 504 g/mol. The summed E-state index contributed by atoms with van der Waals surface area (Å²) in [5.74, 6) is 0.179. The lowest BCUT2D eigenvalue weighted by Gasteiger charge is -2.41. The van der Waals surface area contributed by atoms with Gasteiger partial charge in [-0.2, -0.15) is 0 Å². The lowest BCUT2D eigenvalue weighted by Crippen LogP contribution is -2.49. The van der Waals surface area contributed by atoms with Crippen molar-refractivity contribution < 1.29 is 28.6 Å². The molecular formula is C27H41N3O6. The molecule has 0 unspecified atom stereocenters. The van der Waals surface area contributed by atoms with Crippen molar-refractivity contribution in [1.29, 1.82) is 0 Å². The molecule has 0 radical (unpaired) electrons. The highest BCUT2D eigenvalue weighted by molar-refractivity contribution is 5.93. The van der Waals surface area contributed by atoms with Crippen LogP contribution in [0.3, 0.4) is 0 Å². The van der Waals surface area contributed by atoms with Crippen molar-refractivity contribution in [3.63, 3.8) is 0 Å². The van der Waals surface area contributed by atoms with Gasteiger partial charge in [0.05, 0.1) is 13.2 Å². The van der Waals surface area contributed by atoms with E-state index in [1.807, 2.05) is 24.0 Å². The number of nitrogens with one attached hydrogen (secondary N) is 1. The second kappa shape index (κ2) is 14.1. The van der Waals surface area contributed by atoms with E-state index in [1.54, 1.807) is 13.0 Å². The predicted octanol–water partition coefficient (Wildman–Crippen LogP) is 3.99. The molecule has 0 saturated carbocycles. The maximum absolute atomic E-state index is 12.9. The minimum atomic E-state index is -0.408. The highest BCUT2D eigenvalue weighted by Gasteiger charge is 2.32. The Labute approximate surface area is 214 Å². The quantitative estimate of drug-likeness (QED) is 0.381. The number of esters is 1. The van der Waals surface area contributed by atoms with Gasteiger partial charge in [-0.15, -0.1) is 0 Å². The fraction of sp³-hybridized carbons (Fsp3) is 0.667. The van der Waals surface area contributed by atoms with Gasteiger partial charge in [0.1, 0.15) is 5.75 Å². The smallest absolute Gasteiger partial charge is 0.409 e. The third kappa shape index (κ3) is 8.11. The van der Waals surface area contributed by atoms with Crippen molar-refractivity contribution in [3.8, 4) is 5.75 Å². The van der Waals surface area contributed by atoms with Crippen molar-refractivity contribution in [2.75, 3.05) is 51.3 Å². The zero-order valence-electron chi connectivity index (χ0n) is 21.9. The highest BCUT2D eigenvalue weighted by atomic mass is 16.6. The number of hydrogen-bond acceptors (Lipinski definition) is 7. The van der Waals surface area contributed by atoms with Crippen LogP contribution in [0.4, 0.5) is 10.5 Å². The first-order chi connectivity index (χ1) is 17.4. The highest BCUT2D eigenvalue weighted by Crippen LogP contribution is 2.27. The summed E-state index contributed by atoms with van der Waals surface area (Å²) in [6, 6.07) is 5.82. The van der Waals surface area contributed by atoms with Crippen LogP contribution >= 0.6 is 0 Å². The van der Waals surface area contributed by atoms with Crippen molar-refractivity contribution in [3.05, 3.63) is 23.8 Å². The topological polar surface area (TPSA) is 97.4 Å². The minimum absolute atomic E-state index is 0.0194. The Bertz CT molecular complexity index is 876. The van der Waals surface area contributed by atoms with E-state index in [9.17, 15) is 14.4 Å². The van der Waals surface area contributed by atoms with Crippen LogP contribution in [0.1, 0.15) is 57.9 Å². The molecule has 9 nitrogen and oxygen atoms in total. The summed E-state index contributed by atoms with van der Waals surface area (Å²) in [6.07, 6.45) is 5.28. The third-order valence-electron chi connectivity index (χ3n) is 6.98. The molecule has 0 atom stereocenters. The van der Waals surface area contributed by atoms with E-state index in [0.29, 0.717) is 25.0 Å². The van der Waals surface area contributed by atoms with Gasteiger partial charge >= 0.3 is 12.1 Å². The van der Waals surface area contributed by atoms with Gasteiger partial charge in [-0.1, -0.05) is 13.3 Å². The number of anilines is 1. The molecule has 200 valence electrons. The van der Waals surface area contributed by atoms with Gasteiger partial charge < -0.3 is 29.3 Å². The molecule has 2 fully saturated rings. The number of nitrogens with zero attached hydrogens (tertiary/aromatic N) is 2. The summed E-state index contributed by atoms with van der Waals surface area (Å²) >= 11 is 0. The molecule has 2 aliphatic rings. The fourth-order valence-electron chi connectivity index (χ4n) is 4.78. The number of carbonyl (C=O) groups is 3. The van der Waals surface area contributed by atoms with Crippen LogP contribution in [0.2, 0.25) is 0 Å². The molecule has 2 saturated heterocycles. The molecular weight excluding hydrogens is 462 g/mol. The average Bonchev–Trinajstić information content (AvgIpc) is 2.89. The SMILES string of the molecule is CCCCOC(=O)N1CCC(N2CCC(C(=O)Nc3ccc(OCC(=O)OCC)cc3C)CC2)CC1. The lowest BCUT2D eigenvalue weighted by molar-refractivity contribution is -0.145. The Morgan fingerprint density at radius 1 is 1.00 bits per heavy atom. The molecule has 0 bridgehead atoms. The molecule has 0 aromatic heterocycles. The van der Waals surface area contributed by atoms with Gasteiger partial charge in [0.25, 0.3) is 0 Å². The first-order valence-corrected chi connectivity index (χ1v) is 13.3. The predicted molar refractivity (Wildman–Crippen MR) is 137 cm³/mol. The Balaban J connectivity index is 1.39. The van der Waals surface area contributed by atoms with Crippen molar-refractivity contribution >= 4 is 23.7 Å². The van der Waals surface area contributed by atoms with E-state index < -0.39 is 5.97 Å². The first kappa shape index (κ1) is 27.8. The molecule has 2 heterocycles. The van der Waals surface area contributed by atoms with E-state index in [-0.39, 0.29) is 24.5 Å².